The average molecular weight is 335 g/mol. The van der Waals surface area contributed by atoms with Crippen LogP contribution in [0.5, 0.6) is 0 Å². The monoisotopic (exact) mass is 335 g/mol. The quantitative estimate of drug-likeness (QED) is 0.791. The summed E-state index contributed by atoms with van der Waals surface area (Å²) in [7, 11) is 0. The fraction of sp³-hybridized carbons (Fsp3) is 0.350. The minimum atomic E-state index is 0.0305. The maximum atomic E-state index is 12.6. The first kappa shape index (κ1) is 15.8. The Kier molecular flexibility index (Phi) is 3.99. The zero-order chi connectivity index (χ0) is 17.4. The second-order valence-corrected chi connectivity index (χ2v) is 7.07. The van der Waals surface area contributed by atoms with Crippen molar-refractivity contribution in [2.75, 3.05) is 13.1 Å². The molecule has 0 aliphatic carbocycles. The molecule has 0 radical (unpaired) electrons. The maximum absolute atomic E-state index is 12.6. The summed E-state index contributed by atoms with van der Waals surface area (Å²) in [5.41, 5.74) is 3.14. The molecule has 25 heavy (non-hydrogen) atoms. The maximum Gasteiger partial charge on any atom is 0.250 e. The molecular weight excluding hydrogens is 314 g/mol. The molecule has 0 spiro atoms. The van der Waals surface area contributed by atoms with E-state index in [1.54, 1.807) is 24.5 Å². The van der Waals surface area contributed by atoms with Crippen LogP contribution in [-0.2, 0) is 11.3 Å². The molecule has 1 saturated heterocycles. The minimum Gasteiger partial charge on any atom is -0.338 e. The summed E-state index contributed by atoms with van der Waals surface area (Å²) in [6.45, 7) is 4.08. The average Bonchev–Trinajstić information content (AvgIpc) is 2.60. The summed E-state index contributed by atoms with van der Waals surface area (Å²) in [6, 6.07) is 7.46. The lowest BCUT2D eigenvalue weighted by Gasteiger charge is -2.42. The summed E-state index contributed by atoms with van der Waals surface area (Å²) >= 11 is 0. The number of aromatic nitrogens is 2. The minimum absolute atomic E-state index is 0.0305. The van der Waals surface area contributed by atoms with Crippen LogP contribution in [0.4, 0.5) is 0 Å². The molecule has 5 heteroatoms. The number of carbonyl (C=O) groups is 1. The third kappa shape index (κ3) is 3.14. The number of pyridine rings is 2. The molecule has 1 fully saturated rings. The van der Waals surface area contributed by atoms with Crippen LogP contribution in [0.15, 0.2) is 47.5 Å². The van der Waals surface area contributed by atoms with Gasteiger partial charge in [0.05, 0.1) is 0 Å². The molecule has 0 unspecified atom stereocenters. The van der Waals surface area contributed by atoms with Crippen molar-refractivity contribution in [1.82, 2.24) is 14.5 Å². The van der Waals surface area contributed by atoms with E-state index in [9.17, 15) is 9.59 Å². The summed E-state index contributed by atoms with van der Waals surface area (Å²) in [4.78, 5) is 30.7. The smallest absolute Gasteiger partial charge is 0.250 e. The van der Waals surface area contributed by atoms with Crippen LogP contribution in [0.2, 0.25) is 0 Å². The van der Waals surface area contributed by atoms with Gasteiger partial charge in [0, 0.05) is 55.8 Å². The van der Waals surface area contributed by atoms with Gasteiger partial charge in [0.15, 0.2) is 0 Å². The van der Waals surface area contributed by atoms with E-state index < -0.39 is 0 Å². The summed E-state index contributed by atoms with van der Waals surface area (Å²) < 4.78 is 1.88. The lowest BCUT2D eigenvalue weighted by atomic mass is 9.83. The number of carbonyl (C=O) groups excluding carboxylic acids is 1. The first-order chi connectivity index (χ1) is 12.1. The van der Waals surface area contributed by atoms with E-state index in [4.69, 9.17) is 0 Å². The second kappa shape index (κ2) is 6.31. The normalized spacial score (nSPS) is 22.0. The van der Waals surface area contributed by atoms with E-state index in [0.717, 1.165) is 23.2 Å². The fourth-order valence-corrected chi connectivity index (χ4v) is 4.02. The fourth-order valence-electron chi connectivity index (χ4n) is 4.02. The van der Waals surface area contributed by atoms with Gasteiger partial charge in [0.2, 0.25) is 5.91 Å². The lowest BCUT2D eigenvalue weighted by Crippen LogP contribution is -2.48. The number of amides is 1. The van der Waals surface area contributed by atoms with Crippen molar-refractivity contribution in [2.24, 2.45) is 5.92 Å². The molecule has 1 amide bonds. The van der Waals surface area contributed by atoms with Crippen molar-refractivity contribution in [3.05, 3.63) is 69.9 Å². The van der Waals surface area contributed by atoms with E-state index in [-0.39, 0.29) is 17.4 Å². The molecule has 4 heterocycles. The molecule has 0 saturated carbocycles. The van der Waals surface area contributed by atoms with Gasteiger partial charge in [-0.2, -0.15) is 0 Å². The van der Waals surface area contributed by atoms with Gasteiger partial charge in [-0.05, 0) is 48.6 Å². The molecule has 2 aliphatic rings. The molecule has 128 valence electrons. The molecular formula is C20H21N3O2. The predicted octanol–water partition coefficient (Wildman–Crippen LogP) is 2.21. The molecule has 2 aromatic rings. The highest BCUT2D eigenvalue weighted by Crippen LogP contribution is 2.34. The molecule has 0 aromatic carbocycles. The van der Waals surface area contributed by atoms with Crippen molar-refractivity contribution >= 4 is 12.0 Å². The Morgan fingerprint density at radius 3 is 2.96 bits per heavy atom. The van der Waals surface area contributed by atoms with Crippen LogP contribution in [0.25, 0.3) is 6.08 Å². The van der Waals surface area contributed by atoms with Gasteiger partial charge in [-0.3, -0.25) is 14.6 Å². The number of likely N-dealkylation sites (tertiary alicyclic amines) is 1. The molecule has 2 atom stereocenters. The van der Waals surface area contributed by atoms with Crippen molar-refractivity contribution in [2.45, 2.75) is 25.8 Å². The Hall–Kier alpha value is -2.69. The number of piperidine rings is 1. The van der Waals surface area contributed by atoms with Crippen LogP contribution in [0.1, 0.15) is 29.2 Å². The van der Waals surface area contributed by atoms with E-state index >= 15 is 0 Å². The largest absolute Gasteiger partial charge is 0.338 e. The molecule has 4 rings (SSSR count). The summed E-state index contributed by atoms with van der Waals surface area (Å²) in [5.74, 6) is 0.631. The van der Waals surface area contributed by atoms with Gasteiger partial charge in [0.1, 0.15) is 0 Å². The third-order valence-corrected chi connectivity index (χ3v) is 5.11. The van der Waals surface area contributed by atoms with Crippen molar-refractivity contribution in [1.29, 1.82) is 0 Å². The number of hydrogen-bond donors (Lipinski definition) is 0. The van der Waals surface area contributed by atoms with E-state index in [2.05, 4.69) is 4.98 Å². The Morgan fingerprint density at radius 2 is 2.12 bits per heavy atom. The van der Waals surface area contributed by atoms with Crippen LogP contribution in [0.3, 0.4) is 0 Å². The zero-order valence-corrected chi connectivity index (χ0v) is 14.3. The zero-order valence-electron chi connectivity index (χ0n) is 14.3. The van der Waals surface area contributed by atoms with E-state index in [1.165, 1.54) is 0 Å². The van der Waals surface area contributed by atoms with Gasteiger partial charge in [-0.15, -0.1) is 0 Å². The topological polar surface area (TPSA) is 55.2 Å². The number of aryl methyl sites for hydroxylation is 1. The van der Waals surface area contributed by atoms with Gasteiger partial charge in [-0.25, -0.2) is 0 Å². The number of fused-ring (bicyclic) bond motifs is 4. The van der Waals surface area contributed by atoms with Crippen LogP contribution in [0, 0.1) is 12.8 Å². The van der Waals surface area contributed by atoms with Crippen molar-refractivity contribution in [3.63, 3.8) is 0 Å². The highest BCUT2D eigenvalue weighted by molar-refractivity contribution is 5.91. The first-order valence-corrected chi connectivity index (χ1v) is 8.68. The molecule has 0 N–H and O–H groups in total. The summed E-state index contributed by atoms with van der Waals surface area (Å²) in [6.07, 6.45) is 8.06. The molecule has 2 bridgehead atoms. The predicted molar refractivity (Wildman–Crippen MR) is 96.1 cm³/mol. The van der Waals surface area contributed by atoms with Crippen LogP contribution >= 0.6 is 0 Å². The first-order valence-electron chi connectivity index (χ1n) is 8.68. The number of nitrogens with zero attached hydrogens (tertiary/aromatic N) is 3. The lowest BCUT2D eigenvalue weighted by molar-refractivity contribution is -0.128. The Morgan fingerprint density at radius 1 is 1.24 bits per heavy atom. The van der Waals surface area contributed by atoms with Crippen molar-refractivity contribution in [3.8, 4) is 0 Å². The Labute approximate surface area is 146 Å². The summed E-state index contributed by atoms with van der Waals surface area (Å²) in [5, 5.41) is 0. The van der Waals surface area contributed by atoms with E-state index in [0.29, 0.717) is 25.6 Å². The molecule has 2 aromatic heterocycles. The standard InChI is InChI=1S/C20H21N3O2/c1-14-7-15(10-21-9-14)5-6-19(24)22-11-16-8-17(13-22)18-3-2-4-20(25)23(18)12-16/h2-7,9-10,16-17H,8,11-13H2,1H3/t16-,17+/m0/s1. The van der Waals surface area contributed by atoms with Crippen molar-refractivity contribution < 1.29 is 4.79 Å². The number of rotatable bonds is 2. The van der Waals surface area contributed by atoms with Gasteiger partial charge < -0.3 is 9.47 Å². The highest BCUT2D eigenvalue weighted by atomic mass is 16.2. The molecule has 2 aliphatic heterocycles. The van der Waals surface area contributed by atoms with Gasteiger partial charge >= 0.3 is 0 Å². The number of hydrogen-bond acceptors (Lipinski definition) is 3. The van der Waals surface area contributed by atoms with E-state index in [1.807, 2.05) is 40.7 Å². The highest BCUT2D eigenvalue weighted by Gasteiger charge is 2.35. The second-order valence-electron chi connectivity index (χ2n) is 7.07. The van der Waals surface area contributed by atoms with Gasteiger partial charge in [0.25, 0.3) is 5.56 Å². The van der Waals surface area contributed by atoms with Crippen LogP contribution in [-0.4, -0.2) is 33.4 Å². The third-order valence-electron chi connectivity index (χ3n) is 5.11. The Bertz CT molecular complexity index is 900. The van der Waals surface area contributed by atoms with Crippen LogP contribution < -0.4 is 5.56 Å². The Balaban J connectivity index is 1.52. The SMILES string of the molecule is Cc1cncc(C=CC(=O)N2C[C@@H]3C[C@H](C2)c2cccc(=O)n2C3)c1. The van der Waals surface area contributed by atoms with Gasteiger partial charge in [-0.1, -0.05) is 6.07 Å². The molecule has 5 nitrogen and oxygen atoms in total.